The summed E-state index contributed by atoms with van der Waals surface area (Å²) >= 11 is 0. The van der Waals surface area contributed by atoms with E-state index in [1.165, 1.54) is 12.5 Å². The summed E-state index contributed by atoms with van der Waals surface area (Å²) in [6.07, 6.45) is 1.16. The molecule has 0 spiro atoms. The van der Waals surface area contributed by atoms with Crippen molar-refractivity contribution in [1.29, 1.82) is 0 Å². The Labute approximate surface area is 134 Å². The van der Waals surface area contributed by atoms with E-state index in [9.17, 15) is 9.59 Å². The lowest BCUT2D eigenvalue weighted by molar-refractivity contribution is -0.144. The second-order valence-electron chi connectivity index (χ2n) is 7.37. The molecule has 122 valence electrons. The van der Waals surface area contributed by atoms with Gasteiger partial charge in [-0.1, -0.05) is 58.9 Å². The van der Waals surface area contributed by atoms with Gasteiger partial charge in [0.25, 0.3) is 0 Å². The zero-order valence-electron chi connectivity index (χ0n) is 14.7. The fraction of sp³-hybridized carbons (Fsp3) is 0.579. The standard InChI is InChI=1S/C19H28O3/c1-7-19(6,13-22-14(2)20)12-17(21)15-8-10-16(11-9-15)18(3,4)5/h8-11H,7,12-13H2,1-6H3. The minimum atomic E-state index is -0.314. The minimum absolute atomic E-state index is 0.0782. The van der Waals surface area contributed by atoms with Crippen LogP contribution < -0.4 is 0 Å². The van der Waals surface area contributed by atoms with Crippen LogP contribution in [0.25, 0.3) is 0 Å². The summed E-state index contributed by atoms with van der Waals surface area (Å²) < 4.78 is 5.11. The van der Waals surface area contributed by atoms with Crippen LogP contribution in [-0.4, -0.2) is 18.4 Å². The zero-order chi connectivity index (χ0) is 17.0. The quantitative estimate of drug-likeness (QED) is 0.572. The Morgan fingerprint density at radius 1 is 1.05 bits per heavy atom. The van der Waals surface area contributed by atoms with Gasteiger partial charge < -0.3 is 4.74 Å². The molecule has 22 heavy (non-hydrogen) atoms. The molecule has 0 bridgehead atoms. The first-order chi connectivity index (χ1) is 10.1. The first kappa shape index (κ1) is 18.4. The van der Waals surface area contributed by atoms with E-state index in [0.717, 1.165) is 12.0 Å². The summed E-state index contributed by atoms with van der Waals surface area (Å²) in [5.74, 6) is -0.210. The topological polar surface area (TPSA) is 43.4 Å². The molecule has 0 aliphatic rings. The van der Waals surface area contributed by atoms with Gasteiger partial charge in [-0.15, -0.1) is 0 Å². The maximum Gasteiger partial charge on any atom is 0.302 e. The molecule has 1 atom stereocenters. The molecular weight excluding hydrogens is 276 g/mol. The zero-order valence-corrected chi connectivity index (χ0v) is 14.7. The van der Waals surface area contributed by atoms with Crippen LogP contribution in [0, 0.1) is 5.41 Å². The summed E-state index contributed by atoms with van der Waals surface area (Å²) in [6, 6.07) is 7.82. The summed E-state index contributed by atoms with van der Waals surface area (Å²) in [7, 11) is 0. The summed E-state index contributed by atoms with van der Waals surface area (Å²) in [6.45, 7) is 12.1. The number of ketones is 1. The average Bonchev–Trinajstić information content (AvgIpc) is 2.44. The molecule has 0 aliphatic carbocycles. The van der Waals surface area contributed by atoms with Gasteiger partial charge in [0.05, 0.1) is 6.61 Å². The molecule has 0 saturated heterocycles. The van der Waals surface area contributed by atoms with Gasteiger partial charge in [-0.25, -0.2) is 0 Å². The molecular formula is C19H28O3. The van der Waals surface area contributed by atoms with Crippen molar-refractivity contribution in [2.24, 2.45) is 5.41 Å². The normalized spacial score (nSPS) is 14.3. The van der Waals surface area contributed by atoms with Crippen molar-refractivity contribution in [3.05, 3.63) is 35.4 Å². The smallest absolute Gasteiger partial charge is 0.302 e. The predicted molar refractivity (Wildman–Crippen MR) is 89.1 cm³/mol. The molecule has 0 aromatic heterocycles. The monoisotopic (exact) mass is 304 g/mol. The molecule has 1 rings (SSSR count). The van der Waals surface area contributed by atoms with Crippen molar-refractivity contribution < 1.29 is 14.3 Å². The van der Waals surface area contributed by atoms with E-state index in [4.69, 9.17) is 4.74 Å². The number of benzene rings is 1. The fourth-order valence-electron chi connectivity index (χ4n) is 2.20. The van der Waals surface area contributed by atoms with Gasteiger partial charge in [0.1, 0.15) is 0 Å². The second kappa shape index (κ2) is 7.08. The van der Waals surface area contributed by atoms with Gasteiger partial charge >= 0.3 is 5.97 Å². The molecule has 1 aromatic carbocycles. The van der Waals surface area contributed by atoms with Crippen molar-refractivity contribution in [3.8, 4) is 0 Å². The summed E-state index contributed by atoms with van der Waals surface area (Å²) in [5.41, 5.74) is 1.69. The van der Waals surface area contributed by atoms with Crippen molar-refractivity contribution >= 4 is 11.8 Å². The Morgan fingerprint density at radius 2 is 1.59 bits per heavy atom. The third kappa shape index (κ3) is 5.28. The van der Waals surface area contributed by atoms with E-state index in [1.807, 2.05) is 38.1 Å². The van der Waals surface area contributed by atoms with Gasteiger partial charge in [-0.2, -0.15) is 0 Å². The molecule has 3 heteroatoms. The largest absolute Gasteiger partial charge is 0.465 e. The number of Topliss-reactive ketones (excluding diaryl/α,β-unsaturated/α-hetero) is 1. The van der Waals surface area contributed by atoms with Crippen LogP contribution >= 0.6 is 0 Å². The number of carbonyl (C=O) groups excluding carboxylic acids is 2. The van der Waals surface area contributed by atoms with E-state index >= 15 is 0 Å². The summed E-state index contributed by atoms with van der Waals surface area (Å²) in [4.78, 5) is 23.5. The van der Waals surface area contributed by atoms with Crippen molar-refractivity contribution in [1.82, 2.24) is 0 Å². The molecule has 0 amide bonds. The van der Waals surface area contributed by atoms with Crippen LogP contribution in [0.15, 0.2) is 24.3 Å². The lowest BCUT2D eigenvalue weighted by Crippen LogP contribution is -2.27. The third-order valence-electron chi connectivity index (χ3n) is 4.14. The molecule has 0 aliphatic heterocycles. The molecule has 3 nitrogen and oxygen atoms in total. The van der Waals surface area contributed by atoms with Crippen LogP contribution in [0.1, 0.15) is 70.3 Å². The number of hydrogen-bond acceptors (Lipinski definition) is 3. The molecule has 0 N–H and O–H groups in total. The minimum Gasteiger partial charge on any atom is -0.465 e. The van der Waals surface area contributed by atoms with Crippen LogP contribution in [0.3, 0.4) is 0 Å². The lowest BCUT2D eigenvalue weighted by atomic mass is 9.81. The highest BCUT2D eigenvalue weighted by Gasteiger charge is 2.28. The number of hydrogen-bond donors (Lipinski definition) is 0. The maximum absolute atomic E-state index is 12.5. The van der Waals surface area contributed by atoms with Gasteiger partial charge in [-0.05, 0) is 17.4 Å². The van der Waals surface area contributed by atoms with Crippen molar-refractivity contribution in [3.63, 3.8) is 0 Å². The lowest BCUT2D eigenvalue weighted by Gasteiger charge is -2.27. The van der Waals surface area contributed by atoms with Crippen molar-refractivity contribution in [2.75, 3.05) is 6.61 Å². The van der Waals surface area contributed by atoms with Crippen molar-refractivity contribution in [2.45, 2.75) is 59.8 Å². The molecule has 1 aromatic rings. The average molecular weight is 304 g/mol. The van der Waals surface area contributed by atoms with Crippen LogP contribution in [0.4, 0.5) is 0 Å². The van der Waals surface area contributed by atoms with Gasteiger partial charge in [0.15, 0.2) is 5.78 Å². The Bertz CT molecular complexity index is 523. The maximum atomic E-state index is 12.5. The molecule has 1 unspecified atom stereocenters. The van der Waals surface area contributed by atoms with E-state index in [-0.39, 0.29) is 29.2 Å². The number of rotatable bonds is 6. The number of esters is 1. The molecule has 0 heterocycles. The highest BCUT2D eigenvalue weighted by Crippen LogP contribution is 2.29. The highest BCUT2D eigenvalue weighted by molar-refractivity contribution is 5.96. The number of ether oxygens (including phenoxy) is 1. The molecule has 0 radical (unpaired) electrons. The van der Waals surface area contributed by atoms with Gasteiger partial charge in [-0.3, -0.25) is 9.59 Å². The van der Waals surface area contributed by atoms with E-state index in [1.54, 1.807) is 0 Å². The van der Waals surface area contributed by atoms with E-state index in [2.05, 4.69) is 20.8 Å². The SMILES string of the molecule is CCC(C)(COC(C)=O)CC(=O)c1ccc(C(C)(C)C)cc1. The molecule has 0 saturated carbocycles. The van der Waals surface area contributed by atoms with Crippen LogP contribution in [0.5, 0.6) is 0 Å². The predicted octanol–water partition coefficient (Wildman–Crippen LogP) is 4.54. The Kier molecular flexibility index (Phi) is 5.92. The second-order valence-corrected chi connectivity index (χ2v) is 7.37. The Balaban J connectivity index is 2.80. The first-order valence-corrected chi connectivity index (χ1v) is 7.84. The number of carbonyl (C=O) groups is 2. The third-order valence-corrected chi connectivity index (χ3v) is 4.14. The van der Waals surface area contributed by atoms with Crippen LogP contribution in [0.2, 0.25) is 0 Å². The van der Waals surface area contributed by atoms with Crippen LogP contribution in [-0.2, 0) is 14.9 Å². The van der Waals surface area contributed by atoms with E-state index < -0.39 is 0 Å². The van der Waals surface area contributed by atoms with E-state index in [0.29, 0.717) is 6.42 Å². The Morgan fingerprint density at radius 3 is 2.00 bits per heavy atom. The Hall–Kier alpha value is -1.64. The first-order valence-electron chi connectivity index (χ1n) is 7.84. The molecule has 0 fully saturated rings. The highest BCUT2D eigenvalue weighted by atomic mass is 16.5. The van der Waals surface area contributed by atoms with Gasteiger partial charge in [0, 0.05) is 24.3 Å². The summed E-state index contributed by atoms with van der Waals surface area (Å²) in [5, 5.41) is 0. The fourth-order valence-corrected chi connectivity index (χ4v) is 2.20. The van der Waals surface area contributed by atoms with Gasteiger partial charge in [0.2, 0.25) is 0 Å².